The molecule has 1 fully saturated rings. The maximum atomic E-state index is 11.9. The van der Waals surface area contributed by atoms with Crippen LogP contribution in [0.1, 0.15) is 31.4 Å². The molecule has 0 unspecified atom stereocenters. The summed E-state index contributed by atoms with van der Waals surface area (Å²) in [5.74, 6) is 0.283. The Balaban J connectivity index is 1.85. The highest BCUT2D eigenvalue weighted by Crippen LogP contribution is 2.22. The molecule has 5 heteroatoms. The van der Waals surface area contributed by atoms with Gasteiger partial charge in [-0.25, -0.2) is 8.42 Å². The Morgan fingerprint density at radius 2 is 2.05 bits per heavy atom. The van der Waals surface area contributed by atoms with E-state index in [9.17, 15) is 13.2 Å². The molecule has 2 atom stereocenters. The summed E-state index contributed by atoms with van der Waals surface area (Å²) >= 11 is 0. The summed E-state index contributed by atoms with van der Waals surface area (Å²) in [5.41, 5.74) is 1.05. The SMILES string of the molecule is C[C@@H](NC(=O)C[C@@H]1CCS(=O)(=O)C1)c1ccccc1. The van der Waals surface area contributed by atoms with Crippen LogP contribution in [-0.4, -0.2) is 25.8 Å². The summed E-state index contributed by atoms with van der Waals surface area (Å²) in [6.45, 7) is 1.93. The van der Waals surface area contributed by atoms with E-state index < -0.39 is 9.84 Å². The van der Waals surface area contributed by atoms with Crippen LogP contribution in [0.5, 0.6) is 0 Å². The number of hydrogen-bond acceptors (Lipinski definition) is 3. The van der Waals surface area contributed by atoms with Gasteiger partial charge in [-0.2, -0.15) is 0 Å². The minimum Gasteiger partial charge on any atom is -0.350 e. The number of sulfone groups is 1. The van der Waals surface area contributed by atoms with Gasteiger partial charge in [0, 0.05) is 6.42 Å². The summed E-state index contributed by atoms with van der Waals surface area (Å²) in [7, 11) is -2.90. The summed E-state index contributed by atoms with van der Waals surface area (Å²) in [6.07, 6.45) is 0.909. The van der Waals surface area contributed by atoms with Crippen molar-refractivity contribution in [3.05, 3.63) is 35.9 Å². The number of rotatable bonds is 4. The average Bonchev–Trinajstić information content (AvgIpc) is 2.69. The van der Waals surface area contributed by atoms with Crippen molar-refractivity contribution in [1.82, 2.24) is 5.32 Å². The molecule has 1 N–H and O–H groups in total. The predicted octanol–water partition coefficient (Wildman–Crippen LogP) is 1.69. The fourth-order valence-electron chi connectivity index (χ4n) is 2.42. The number of nitrogens with one attached hydrogen (secondary N) is 1. The quantitative estimate of drug-likeness (QED) is 0.913. The van der Waals surface area contributed by atoms with E-state index in [1.165, 1.54) is 0 Å². The molecule has 0 aliphatic carbocycles. The molecule has 0 spiro atoms. The molecular formula is C14H19NO3S. The second-order valence-corrected chi connectivity index (χ2v) is 7.40. The standard InChI is InChI=1S/C14H19NO3S/c1-11(13-5-3-2-4-6-13)15-14(16)9-12-7-8-19(17,18)10-12/h2-6,11-12H,7-10H2,1H3,(H,15,16)/t11-,12+/m1/s1. The summed E-state index contributed by atoms with van der Waals surface area (Å²) in [6, 6.07) is 9.67. The van der Waals surface area contributed by atoms with Crippen LogP contribution < -0.4 is 5.32 Å². The average molecular weight is 281 g/mol. The molecule has 2 rings (SSSR count). The fraction of sp³-hybridized carbons (Fsp3) is 0.500. The van der Waals surface area contributed by atoms with Gasteiger partial charge >= 0.3 is 0 Å². The fourth-order valence-corrected chi connectivity index (χ4v) is 4.28. The first-order chi connectivity index (χ1) is 8.96. The van der Waals surface area contributed by atoms with Crippen LogP contribution in [-0.2, 0) is 14.6 Å². The Kier molecular flexibility index (Phi) is 4.24. The highest BCUT2D eigenvalue weighted by molar-refractivity contribution is 7.91. The van der Waals surface area contributed by atoms with Crippen molar-refractivity contribution in [1.29, 1.82) is 0 Å². The number of amides is 1. The molecule has 1 aliphatic heterocycles. The first kappa shape index (κ1) is 14.1. The molecule has 4 nitrogen and oxygen atoms in total. The lowest BCUT2D eigenvalue weighted by atomic mass is 10.0. The molecule has 0 radical (unpaired) electrons. The van der Waals surface area contributed by atoms with E-state index in [1.807, 2.05) is 37.3 Å². The Morgan fingerprint density at radius 1 is 1.37 bits per heavy atom. The molecule has 0 aromatic heterocycles. The van der Waals surface area contributed by atoms with Crippen LogP contribution in [0.2, 0.25) is 0 Å². The first-order valence-electron chi connectivity index (χ1n) is 6.51. The van der Waals surface area contributed by atoms with Crippen molar-refractivity contribution >= 4 is 15.7 Å². The second kappa shape index (κ2) is 5.74. The van der Waals surface area contributed by atoms with E-state index in [2.05, 4.69) is 5.32 Å². The van der Waals surface area contributed by atoms with Gasteiger partial charge in [-0.3, -0.25) is 4.79 Å². The lowest BCUT2D eigenvalue weighted by Gasteiger charge is -2.15. The van der Waals surface area contributed by atoms with E-state index in [4.69, 9.17) is 0 Å². The molecule has 1 heterocycles. The maximum Gasteiger partial charge on any atom is 0.220 e. The number of benzene rings is 1. The Hall–Kier alpha value is -1.36. The van der Waals surface area contributed by atoms with E-state index in [-0.39, 0.29) is 29.4 Å². The summed E-state index contributed by atoms with van der Waals surface area (Å²) < 4.78 is 22.7. The minimum atomic E-state index is -2.90. The molecule has 104 valence electrons. The third-order valence-corrected chi connectivity index (χ3v) is 5.31. The van der Waals surface area contributed by atoms with Crippen LogP contribution >= 0.6 is 0 Å². The molecule has 1 amide bonds. The summed E-state index contributed by atoms with van der Waals surface area (Å²) in [4.78, 5) is 11.9. The van der Waals surface area contributed by atoms with Crippen molar-refractivity contribution in [3.8, 4) is 0 Å². The van der Waals surface area contributed by atoms with Gasteiger partial charge in [-0.1, -0.05) is 30.3 Å². The lowest BCUT2D eigenvalue weighted by molar-refractivity contribution is -0.122. The van der Waals surface area contributed by atoms with Gasteiger partial charge in [0.2, 0.25) is 5.91 Å². The van der Waals surface area contributed by atoms with Crippen molar-refractivity contribution < 1.29 is 13.2 Å². The zero-order valence-corrected chi connectivity index (χ0v) is 11.8. The Bertz CT molecular complexity index is 539. The number of hydrogen-bond donors (Lipinski definition) is 1. The van der Waals surface area contributed by atoms with Crippen molar-refractivity contribution in [2.45, 2.75) is 25.8 Å². The lowest BCUT2D eigenvalue weighted by Crippen LogP contribution is -2.28. The minimum absolute atomic E-state index is 0.0204. The largest absolute Gasteiger partial charge is 0.350 e. The monoisotopic (exact) mass is 281 g/mol. The van der Waals surface area contributed by atoms with Crippen molar-refractivity contribution in [3.63, 3.8) is 0 Å². The topological polar surface area (TPSA) is 63.2 Å². The second-order valence-electron chi connectivity index (χ2n) is 5.17. The van der Waals surface area contributed by atoms with Gasteiger partial charge in [0.25, 0.3) is 0 Å². The number of carbonyl (C=O) groups is 1. The third-order valence-electron chi connectivity index (χ3n) is 3.48. The van der Waals surface area contributed by atoms with Crippen molar-refractivity contribution in [2.24, 2.45) is 5.92 Å². The van der Waals surface area contributed by atoms with Gasteiger partial charge in [0.1, 0.15) is 0 Å². The van der Waals surface area contributed by atoms with Gasteiger partial charge in [0.15, 0.2) is 9.84 Å². The Labute approximate surface area is 114 Å². The van der Waals surface area contributed by atoms with E-state index in [1.54, 1.807) is 0 Å². The van der Waals surface area contributed by atoms with Gasteiger partial charge in [0.05, 0.1) is 17.5 Å². The zero-order valence-electron chi connectivity index (χ0n) is 11.0. The van der Waals surface area contributed by atoms with Crippen LogP contribution in [0.3, 0.4) is 0 Å². The zero-order chi connectivity index (χ0) is 13.9. The molecule has 19 heavy (non-hydrogen) atoms. The molecule has 1 saturated heterocycles. The normalized spacial score (nSPS) is 22.9. The Morgan fingerprint density at radius 3 is 2.63 bits per heavy atom. The van der Waals surface area contributed by atoms with E-state index >= 15 is 0 Å². The van der Waals surface area contributed by atoms with Crippen LogP contribution in [0, 0.1) is 5.92 Å². The van der Waals surface area contributed by atoms with Gasteiger partial charge in [-0.05, 0) is 24.8 Å². The molecule has 1 aromatic rings. The third kappa shape index (κ3) is 4.06. The van der Waals surface area contributed by atoms with Crippen LogP contribution in [0.15, 0.2) is 30.3 Å². The molecule has 1 aliphatic rings. The predicted molar refractivity (Wildman–Crippen MR) is 74.4 cm³/mol. The van der Waals surface area contributed by atoms with E-state index in [0.29, 0.717) is 12.8 Å². The van der Waals surface area contributed by atoms with Crippen LogP contribution in [0.25, 0.3) is 0 Å². The number of carbonyl (C=O) groups excluding carboxylic acids is 1. The van der Waals surface area contributed by atoms with Gasteiger partial charge in [-0.15, -0.1) is 0 Å². The van der Waals surface area contributed by atoms with E-state index in [0.717, 1.165) is 5.56 Å². The van der Waals surface area contributed by atoms with Crippen LogP contribution in [0.4, 0.5) is 0 Å². The molecule has 1 aromatic carbocycles. The highest BCUT2D eigenvalue weighted by Gasteiger charge is 2.29. The highest BCUT2D eigenvalue weighted by atomic mass is 32.2. The smallest absolute Gasteiger partial charge is 0.220 e. The summed E-state index contributed by atoms with van der Waals surface area (Å²) in [5, 5.41) is 2.92. The molecular weight excluding hydrogens is 262 g/mol. The first-order valence-corrected chi connectivity index (χ1v) is 8.33. The molecule has 0 saturated carbocycles. The van der Waals surface area contributed by atoms with Gasteiger partial charge < -0.3 is 5.32 Å². The maximum absolute atomic E-state index is 11.9. The van der Waals surface area contributed by atoms with Crippen molar-refractivity contribution in [2.75, 3.05) is 11.5 Å². The molecule has 0 bridgehead atoms.